The highest BCUT2D eigenvalue weighted by atomic mass is 16.5. The zero-order valence-corrected chi connectivity index (χ0v) is 13.2. The predicted octanol–water partition coefficient (Wildman–Crippen LogP) is 2.21. The lowest BCUT2D eigenvalue weighted by atomic mass is 10.1. The number of rotatable bonds is 6. The lowest BCUT2D eigenvalue weighted by Gasteiger charge is -2.10. The third-order valence-electron chi connectivity index (χ3n) is 3.32. The Morgan fingerprint density at radius 2 is 2.00 bits per heavy atom. The van der Waals surface area contributed by atoms with Crippen LogP contribution in [0.5, 0.6) is 0 Å². The molecule has 2 atom stereocenters. The summed E-state index contributed by atoms with van der Waals surface area (Å²) in [5.74, 6) is 0.771. The van der Waals surface area contributed by atoms with E-state index in [4.69, 9.17) is 10.3 Å². The maximum atomic E-state index is 11.7. The van der Waals surface area contributed by atoms with Gasteiger partial charge in [-0.2, -0.15) is 4.98 Å². The molecule has 0 radical (unpaired) electrons. The summed E-state index contributed by atoms with van der Waals surface area (Å²) in [6, 6.07) is 7.49. The van der Waals surface area contributed by atoms with Crippen molar-refractivity contribution in [3.8, 4) is 11.4 Å². The highest BCUT2D eigenvalue weighted by molar-refractivity contribution is 5.76. The van der Waals surface area contributed by atoms with Crippen LogP contribution in [-0.2, 0) is 11.2 Å². The molecule has 1 heterocycles. The van der Waals surface area contributed by atoms with Gasteiger partial charge in [-0.15, -0.1) is 0 Å². The van der Waals surface area contributed by atoms with Gasteiger partial charge in [-0.25, -0.2) is 0 Å². The second kappa shape index (κ2) is 7.17. The molecule has 118 valence electrons. The molecule has 0 fully saturated rings. The molecule has 2 unspecified atom stereocenters. The summed E-state index contributed by atoms with van der Waals surface area (Å²) in [5.41, 5.74) is 7.74. The number of aromatic nitrogens is 2. The number of carbonyl (C=O) groups excluding carboxylic acids is 1. The molecule has 0 saturated carbocycles. The van der Waals surface area contributed by atoms with Crippen molar-refractivity contribution >= 4 is 5.91 Å². The van der Waals surface area contributed by atoms with E-state index in [0.29, 0.717) is 11.7 Å². The molecule has 1 aromatic carbocycles. The molecular weight excluding hydrogens is 280 g/mol. The van der Waals surface area contributed by atoms with Crippen LogP contribution in [0.3, 0.4) is 0 Å². The Morgan fingerprint density at radius 3 is 2.59 bits per heavy atom. The molecule has 0 aliphatic rings. The van der Waals surface area contributed by atoms with Gasteiger partial charge in [-0.3, -0.25) is 4.79 Å². The molecule has 2 aromatic rings. The average Bonchev–Trinajstić information content (AvgIpc) is 2.96. The lowest BCUT2D eigenvalue weighted by molar-refractivity contribution is -0.122. The molecule has 0 aliphatic carbocycles. The van der Waals surface area contributed by atoms with Crippen LogP contribution in [0.2, 0.25) is 0 Å². The van der Waals surface area contributed by atoms with E-state index in [9.17, 15) is 4.79 Å². The molecule has 1 aromatic heterocycles. The fourth-order valence-electron chi connectivity index (χ4n) is 2.07. The van der Waals surface area contributed by atoms with Crippen LogP contribution < -0.4 is 11.1 Å². The van der Waals surface area contributed by atoms with Crippen LogP contribution in [0.4, 0.5) is 0 Å². The monoisotopic (exact) mass is 302 g/mol. The number of hydrogen-bond acceptors (Lipinski definition) is 5. The van der Waals surface area contributed by atoms with Crippen LogP contribution in [0.1, 0.15) is 44.7 Å². The molecule has 2 rings (SSSR count). The maximum Gasteiger partial charge on any atom is 0.249 e. The van der Waals surface area contributed by atoms with Crippen LogP contribution >= 0.6 is 0 Å². The number of nitrogens with one attached hydrogen (secondary N) is 1. The number of aryl methyl sites for hydroxylation is 1. The molecule has 0 aliphatic heterocycles. The van der Waals surface area contributed by atoms with Gasteiger partial charge in [0.2, 0.25) is 17.6 Å². The van der Waals surface area contributed by atoms with Gasteiger partial charge >= 0.3 is 0 Å². The summed E-state index contributed by atoms with van der Waals surface area (Å²) in [5, 5.41) is 6.76. The van der Waals surface area contributed by atoms with Crippen molar-refractivity contribution in [1.82, 2.24) is 15.5 Å². The molecule has 0 spiro atoms. The Balaban J connectivity index is 2.05. The van der Waals surface area contributed by atoms with E-state index in [1.54, 1.807) is 13.8 Å². The number of nitrogens with zero attached hydrogens (tertiary/aromatic N) is 2. The zero-order valence-electron chi connectivity index (χ0n) is 13.2. The van der Waals surface area contributed by atoms with E-state index in [-0.39, 0.29) is 24.4 Å². The number of nitrogens with two attached hydrogens (primary N) is 1. The first-order valence-electron chi connectivity index (χ1n) is 7.47. The van der Waals surface area contributed by atoms with Gasteiger partial charge in [0, 0.05) is 18.0 Å². The van der Waals surface area contributed by atoms with E-state index >= 15 is 0 Å². The molecule has 6 heteroatoms. The zero-order chi connectivity index (χ0) is 16.1. The SMILES string of the molecule is CCc1ccc(-c2noc(C(C)NC(=O)CC(C)N)n2)cc1. The summed E-state index contributed by atoms with van der Waals surface area (Å²) in [4.78, 5) is 16.0. The summed E-state index contributed by atoms with van der Waals surface area (Å²) >= 11 is 0. The third kappa shape index (κ3) is 4.14. The molecule has 22 heavy (non-hydrogen) atoms. The minimum Gasteiger partial charge on any atom is -0.345 e. The quantitative estimate of drug-likeness (QED) is 0.853. The Labute approximate surface area is 130 Å². The lowest BCUT2D eigenvalue weighted by Crippen LogP contribution is -2.31. The minimum absolute atomic E-state index is 0.130. The average molecular weight is 302 g/mol. The number of benzene rings is 1. The van der Waals surface area contributed by atoms with Crippen molar-refractivity contribution < 1.29 is 9.32 Å². The normalized spacial score (nSPS) is 13.6. The van der Waals surface area contributed by atoms with Gasteiger partial charge in [0.1, 0.15) is 6.04 Å². The van der Waals surface area contributed by atoms with Gasteiger partial charge in [0.05, 0.1) is 0 Å². The summed E-state index contributed by atoms with van der Waals surface area (Å²) in [7, 11) is 0. The van der Waals surface area contributed by atoms with Crippen molar-refractivity contribution in [2.75, 3.05) is 0 Å². The molecule has 3 N–H and O–H groups in total. The largest absolute Gasteiger partial charge is 0.345 e. The van der Waals surface area contributed by atoms with E-state index < -0.39 is 0 Å². The van der Waals surface area contributed by atoms with Gasteiger partial charge in [0.15, 0.2) is 0 Å². The highest BCUT2D eigenvalue weighted by Gasteiger charge is 2.17. The minimum atomic E-state index is -0.345. The highest BCUT2D eigenvalue weighted by Crippen LogP contribution is 2.19. The van der Waals surface area contributed by atoms with E-state index in [1.807, 2.05) is 24.3 Å². The molecule has 6 nitrogen and oxygen atoms in total. The topological polar surface area (TPSA) is 94.0 Å². The standard InChI is InChI=1S/C16H22N4O2/c1-4-12-5-7-13(8-6-12)15-19-16(22-20-15)11(3)18-14(21)9-10(2)17/h5-8,10-11H,4,9,17H2,1-3H3,(H,18,21). The van der Waals surface area contributed by atoms with Gasteiger partial charge < -0.3 is 15.6 Å². The van der Waals surface area contributed by atoms with Crippen molar-refractivity contribution in [2.24, 2.45) is 5.73 Å². The van der Waals surface area contributed by atoms with Gasteiger partial charge in [-0.05, 0) is 25.8 Å². The fraction of sp³-hybridized carbons (Fsp3) is 0.438. The van der Waals surface area contributed by atoms with Crippen molar-refractivity contribution in [3.63, 3.8) is 0 Å². The predicted molar refractivity (Wildman–Crippen MR) is 83.9 cm³/mol. The maximum absolute atomic E-state index is 11.7. The summed E-state index contributed by atoms with van der Waals surface area (Å²) in [6.45, 7) is 5.69. The van der Waals surface area contributed by atoms with E-state index in [2.05, 4.69) is 22.4 Å². The third-order valence-corrected chi connectivity index (χ3v) is 3.32. The molecule has 1 amide bonds. The van der Waals surface area contributed by atoms with Gasteiger partial charge in [-0.1, -0.05) is 36.3 Å². The molecule has 0 bridgehead atoms. The van der Waals surface area contributed by atoms with Gasteiger partial charge in [0.25, 0.3) is 0 Å². The Kier molecular flexibility index (Phi) is 5.27. The van der Waals surface area contributed by atoms with Crippen LogP contribution in [0.25, 0.3) is 11.4 Å². The molecular formula is C16H22N4O2. The smallest absolute Gasteiger partial charge is 0.249 e. The van der Waals surface area contributed by atoms with Crippen LogP contribution in [0, 0.1) is 0 Å². The van der Waals surface area contributed by atoms with Crippen LogP contribution in [0.15, 0.2) is 28.8 Å². The Bertz CT molecular complexity index is 619. The number of carbonyl (C=O) groups is 1. The second-order valence-corrected chi connectivity index (χ2v) is 5.48. The van der Waals surface area contributed by atoms with Crippen LogP contribution in [-0.4, -0.2) is 22.1 Å². The Morgan fingerprint density at radius 1 is 1.32 bits per heavy atom. The second-order valence-electron chi connectivity index (χ2n) is 5.48. The Hall–Kier alpha value is -2.21. The van der Waals surface area contributed by atoms with Crippen molar-refractivity contribution in [3.05, 3.63) is 35.7 Å². The summed E-state index contributed by atoms with van der Waals surface area (Å²) in [6.07, 6.45) is 1.25. The number of amides is 1. The molecule has 0 saturated heterocycles. The first-order chi connectivity index (χ1) is 10.5. The fourth-order valence-corrected chi connectivity index (χ4v) is 2.07. The first-order valence-corrected chi connectivity index (χ1v) is 7.47. The number of hydrogen-bond donors (Lipinski definition) is 2. The summed E-state index contributed by atoms with van der Waals surface area (Å²) < 4.78 is 5.24. The first kappa shape index (κ1) is 16.2. The van der Waals surface area contributed by atoms with E-state index in [1.165, 1.54) is 5.56 Å². The van der Waals surface area contributed by atoms with E-state index in [0.717, 1.165) is 12.0 Å². The van der Waals surface area contributed by atoms with Crippen molar-refractivity contribution in [1.29, 1.82) is 0 Å². The van der Waals surface area contributed by atoms with Crippen molar-refractivity contribution in [2.45, 2.75) is 45.7 Å².